The van der Waals surface area contributed by atoms with Crippen LogP contribution in [0.1, 0.15) is 33.1 Å². The fraction of sp³-hybridized carbons (Fsp3) is 0.889. The summed E-state index contributed by atoms with van der Waals surface area (Å²) in [5.41, 5.74) is 8.04. The maximum Gasteiger partial charge on any atom is 0.221 e. The van der Waals surface area contributed by atoms with Gasteiger partial charge in [-0.15, -0.1) is 0 Å². The van der Waals surface area contributed by atoms with Crippen molar-refractivity contribution in [1.82, 2.24) is 10.6 Å². The maximum atomic E-state index is 11.3. The number of hydrogen-bond donors (Lipinski definition) is 2. The Kier molecular flexibility index (Phi) is 8.52. The summed E-state index contributed by atoms with van der Waals surface area (Å²) in [6, 6.07) is 0. The molecule has 0 aliphatic carbocycles. The lowest BCUT2D eigenvalue weighted by Gasteiger charge is -2.17. The molecule has 1 atom stereocenters. The zero-order valence-electron chi connectivity index (χ0n) is 9.36. The Bertz CT molecular complexity index is 225. The van der Waals surface area contributed by atoms with Crippen LogP contribution in [0.25, 0.3) is 10.4 Å². The summed E-state index contributed by atoms with van der Waals surface area (Å²) < 4.78 is 0. The van der Waals surface area contributed by atoms with E-state index in [1.165, 1.54) is 0 Å². The molecule has 0 rings (SSSR count). The lowest BCUT2D eigenvalue weighted by atomic mass is 10.3. The van der Waals surface area contributed by atoms with E-state index in [-0.39, 0.29) is 25.0 Å². The van der Waals surface area contributed by atoms with Crippen LogP contribution in [-0.4, -0.2) is 25.2 Å². The number of rotatable bonds is 8. The van der Waals surface area contributed by atoms with Crippen molar-refractivity contribution in [1.29, 1.82) is 0 Å². The summed E-state index contributed by atoms with van der Waals surface area (Å²) in [6.45, 7) is 5.17. The van der Waals surface area contributed by atoms with E-state index in [1.54, 1.807) is 0 Å². The third-order valence-electron chi connectivity index (χ3n) is 1.89. The summed E-state index contributed by atoms with van der Waals surface area (Å²) in [4.78, 5) is 13.9. The average molecular weight is 213 g/mol. The highest BCUT2D eigenvalue weighted by molar-refractivity contribution is 5.76. The Morgan fingerprint density at radius 1 is 1.53 bits per heavy atom. The molecule has 2 N–H and O–H groups in total. The van der Waals surface area contributed by atoms with Crippen LogP contribution in [0.15, 0.2) is 5.11 Å². The number of nitrogens with one attached hydrogen (secondary N) is 2. The van der Waals surface area contributed by atoms with Gasteiger partial charge in [0.1, 0.15) is 0 Å². The van der Waals surface area contributed by atoms with Crippen molar-refractivity contribution in [2.24, 2.45) is 5.11 Å². The van der Waals surface area contributed by atoms with Crippen molar-refractivity contribution in [3.05, 3.63) is 10.4 Å². The van der Waals surface area contributed by atoms with Gasteiger partial charge in [0.05, 0.1) is 6.17 Å². The Morgan fingerprint density at radius 3 is 2.80 bits per heavy atom. The quantitative estimate of drug-likeness (QED) is 0.277. The van der Waals surface area contributed by atoms with E-state index in [4.69, 9.17) is 5.53 Å². The number of amides is 1. The minimum atomic E-state index is -0.0853. The Hall–Kier alpha value is -1.26. The molecule has 0 unspecified atom stereocenters. The predicted octanol–water partition coefficient (Wildman–Crippen LogP) is 1.54. The molecule has 1 amide bonds. The van der Waals surface area contributed by atoms with Crippen molar-refractivity contribution in [3.63, 3.8) is 0 Å². The third-order valence-corrected chi connectivity index (χ3v) is 1.89. The lowest BCUT2D eigenvalue weighted by molar-refractivity contribution is -0.121. The molecule has 0 aromatic rings. The zero-order valence-corrected chi connectivity index (χ0v) is 9.36. The van der Waals surface area contributed by atoms with Crippen molar-refractivity contribution in [3.8, 4) is 0 Å². The smallest absolute Gasteiger partial charge is 0.221 e. The molecule has 0 spiro atoms. The van der Waals surface area contributed by atoms with Gasteiger partial charge in [0, 0.05) is 17.9 Å². The number of hydrogen-bond acceptors (Lipinski definition) is 3. The van der Waals surface area contributed by atoms with Gasteiger partial charge in [-0.1, -0.05) is 19.0 Å². The molecule has 15 heavy (non-hydrogen) atoms. The Labute approximate surface area is 90.1 Å². The lowest BCUT2D eigenvalue weighted by Crippen LogP contribution is -2.45. The normalized spacial score (nSPS) is 11.6. The largest absolute Gasteiger partial charge is 0.341 e. The number of carbonyl (C=O) groups is 1. The second kappa shape index (κ2) is 9.30. The van der Waals surface area contributed by atoms with Gasteiger partial charge in [0.2, 0.25) is 5.91 Å². The summed E-state index contributed by atoms with van der Waals surface area (Å²) >= 11 is 0. The average Bonchev–Trinajstić information content (AvgIpc) is 2.24. The summed E-state index contributed by atoms with van der Waals surface area (Å²) in [5, 5.41) is 9.34. The number of carbonyl (C=O) groups excluding carboxylic acids is 1. The van der Waals surface area contributed by atoms with Crippen molar-refractivity contribution in [2.45, 2.75) is 39.3 Å². The van der Waals surface area contributed by atoms with Crippen LogP contribution in [0.2, 0.25) is 0 Å². The molecular weight excluding hydrogens is 194 g/mol. The predicted molar refractivity (Wildman–Crippen MR) is 59.1 cm³/mol. The van der Waals surface area contributed by atoms with Crippen LogP contribution >= 0.6 is 0 Å². The van der Waals surface area contributed by atoms with Crippen LogP contribution in [0, 0.1) is 0 Å². The highest BCUT2D eigenvalue weighted by Gasteiger charge is 2.07. The van der Waals surface area contributed by atoms with Crippen molar-refractivity contribution < 1.29 is 4.79 Å². The highest BCUT2D eigenvalue weighted by Crippen LogP contribution is 1.89. The highest BCUT2D eigenvalue weighted by atomic mass is 16.1. The van der Waals surface area contributed by atoms with Crippen molar-refractivity contribution in [2.75, 3.05) is 13.1 Å². The molecule has 0 saturated heterocycles. The van der Waals surface area contributed by atoms with Crippen LogP contribution in [0.3, 0.4) is 0 Å². The molecule has 0 radical (unpaired) electrons. The van der Waals surface area contributed by atoms with E-state index >= 15 is 0 Å². The second-order valence-corrected chi connectivity index (χ2v) is 3.19. The molecule has 0 aliphatic heterocycles. The zero-order chi connectivity index (χ0) is 11.5. The molecule has 6 nitrogen and oxygen atoms in total. The van der Waals surface area contributed by atoms with E-state index in [9.17, 15) is 4.79 Å². The topological polar surface area (TPSA) is 89.9 Å². The molecule has 0 fully saturated rings. The molecule has 6 heteroatoms. The Morgan fingerprint density at radius 2 is 2.27 bits per heavy atom. The van der Waals surface area contributed by atoms with Gasteiger partial charge in [-0.25, -0.2) is 0 Å². The fourth-order valence-electron chi connectivity index (χ4n) is 1.08. The third kappa shape index (κ3) is 7.78. The maximum absolute atomic E-state index is 11.3. The molecular formula is C9H19N5O. The van der Waals surface area contributed by atoms with E-state index < -0.39 is 0 Å². The van der Waals surface area contributed by atoms with Gasteiger partial charge in [0.15, 0.2) is 0 Å². The molecule has 0 bridgehead atoms. The first kappa shape index (κ1) is 13.7. The molecule has 0 aromatic heterocycles. The van der Waals surface area contributed by atoms with Gasteiger partial charge in [-0.05, 0) is 24.9 Å². The number of nitrogens with zero attached hydrogens (tertiary/aromatic N) is 3. The minimum Gasteiger partial charge on any atom is -0.341 e. The van der Waals surface area contributed by atoms with E-state index in [0.29, 0.717) is 0 Å². The van der Waals surface area contributed by atoms with Crippen molar-refractivity contribution >= 4 is 5.91 Å². The Balaban J connectivity index is 3.74. The van der Waals surface area contributed by atoms with Crippen LogP contribution in [0.4, 0.5) is 0 Å². The van der Waals surface area contributed by atoms with Gasteiger partial charge in [0.25, 0.3) is 0 Å². The summed E-state index contributed by atoms with van der Waals surface area (Å²) in [5.74, 6) is -0.0853. The molecule has 0 aromatic carbocycles. The molecule has 0 saturated carbocycles. The van der Waals surface area contributed by atoms with Gasteiger partial charge < -0.3 is 5.32 Å². The summed E-state index contributed by atoms with van der Waals surface area (Å²) in [6.07, 6.45) is 2.13. The first-order chi connectivity index (χ1) is 7.24. The summed E-state index contributed by atoms with van der Waals surface area (Å²) in [7, 11) is 0. The molecule has 0 aliphatic rings. The van der Waals surface area contributed by atoms with Gasteiger partial charge >= 0.3 is 0 Å². The first-order valence-corrected chi connectivity index (χ1v) is 5.28. The van der Waals surface area contributed by atoms with Gasteiger partial charge in [-0.2, -0.15) is 0 Å². The minimum absolute atomic E-state index is 0.0171. The van der Waals surface area contributed by atoms with Crippen LogP contribution in [0.5, 0.6) is 0 Å². The van der Waals surface area contributed by atoms with Gasteiger partial charge in [-0.3, -0.25) is 10.1 Å². The fourth-order valence-corrected chi connectivity index (χ4v) is 1.08. The molecule has 86 valence electrons. The first-order valence-electron chi connectivity index (χ1n) is 5.28. The molecule has 0 heterocycles. The van der Waals surface area contributed by atoms with E-state index in [1.807, 2.05) is 6.92 Å². The van der Waals surface area contributed by atoms with Crippen LogP contribution < -0.4 is 10.6 Å². The SMILES string of the molecule is CCCN[C@@H](CC)NC(=O)CCN=[N+]=[N-]. The monoisotopic (exact) mass is 213 g/mol. The van der Waals surface area contributed by atoms with E-state index in [2.05, 4.69) is 27.6 Å². The van der Waals surface area contributed by atoms with Crippen LogP contribution in [-0.2, 0) is 4.79 Å². The van der Waals surface area contributed by atoms with E-state index in [0.717, 1.165) is 19.4 Å². The second-order valence-electron chi connectivity index (χ2n) is 3.19. The number of azide groups is 1. The standard InChI is InChI=1S/C9H19N5O/c1-3-6-11-8(4-2)13-9(15)5-7-12-14-10/h8,11H,3-7H2,1-2H3,(H,13,15)/t8-/m1/s1.